The van der Waals surface area contributed by atoms with E-state index >= 15 is 0 Å². The van der Waals surface area contributed by atoms with Gasteiger partial charge >= 0.3 is 5.69 Å². The van der Waals surface area contributed by atoms with Crippen LogP contribution in [0.15, 0.2) is 53.3 Å². The Balaban J connectivity index is 1.68. The average Bonchev–Trinajstić information content (AvgIpc) is 3.01. The molecule has 0 fully saturated rings. The smallest absolute Gasteiger partial charge is 0.352 e. The number of anilines is 1. The molecule has 0 aliphatic rings. The molecule has 8 heteroatoms. The molecule has 158 valence electrons. The number of carbonyl (C=O) groups excluding carboxylic acids is 1. The van der Waals surface area contributed by atoms with Gasteiger partial charge in [-0.05, 0) is 68.3 Å². The van der Waals surface area contributed by atoms with Gasteiger partial charge in [0.1, 0.15) is 18.1 Å². The molecule has 2 aromatic heterocycles. The summed E-state index contributed by atoms with van der Waals surface area (Å²) >= 11 is 0. The van der Waals surface area contributed by atoms with Gasteiger partial charge in [-0.15, -0.1) is 5.10 Å². The number of aryl methyl sites for hydroxylation is 3. The average molecular weight is 417 g/mol. The lowest BCUT2D eigenvalue weighted by Gasteiger charge is -2.07. The van der Waals surface area contributed by atoms with Crippen molar-refractivity contribution < 1.29 is 9.53 Å². The third kappa shape index (κ3) is 4.18. The van der Waals surface area contributed by atoms with Gasteiger partial charge in [0.05, 0.1) is 7.11 Å². The lowest BCUT2D eigenvalue weighted by atomic mass is 10.1. The Morgan fingerprint density at radius 2 is 1.71 bits per heavy atom. The number of nitrogens with zero attached hydrogens (tertiary/aromatic N) is 4. The van der Waals surface area contributed by atoms with Crippen molar-refractivity contribution >= 4 is 17.2 Å². The van der Waals surface area contributed by atoms with E-state index in [4.69, 9.17) is 4.74 Å². The first kappa shape index (κ1) is 20.3. The van der Waals surface area contributed by atoms with Gasteiger partial charge in [0.25, 0.3) is 0 Å². The monoisotopic (exact) mass is 417 g/mol. The predicted octanol–water partition coefficient (Wildman–Crippen LogP) is 3.13. The van der Waals surface area contributed by atoms with Gasteiger partial charge in [-0.3, -0.25) is 4.79 Å². The zero-order chi connectivity index (χ0) is 22.1. The Bertz CT molecular complexity index is 1320. The van der Waals surface area contributed by atoms with Crippen LogP contribution in [0.25, 0.3) is 17.0 Å². The van der Waals surface area contributed by atoms with E-state index in [-0.39, 0.29) is 12.5 Å². The summed E-state index contributed by atoms with van der Waals surface area (Å²) in [6.45, 7) is 5.56. The number of benzene rings is 2. The summed E-state index contributed by atoms with van der Waals surface area (Å²) < 4.78 is 7.77. The third-order valence-electron chi connectivity index (χ3n) is 4.84. The summed E-state index contributed by atoms with van der Waals surface area (Å²) in [5.41, 5.74) is 4.25. The Hall–Kier alpha value is -3.94. The van der Waals surface area contributed by atoms with Crippen LogP contribution in [0.1, 0.15) is 16.8 Å². The molecule has 1 N–H and O–H groups in total. The van der Waals surface area contributed by atoms with Gasteiger partial charge in [-0.1, -0.05) is 6.07 Å². The van der Waals surface area contributed by atoms with Crippen molar-refractivity contribution in [1.29, 1.82) is 0 Å². The molecular formula is C23H23N5O3. The molecule has 0 radical (unpaired) electrons. The van der Waals surface area contributed by atoms with Gasteiger partial charge in [0.2, 0.25) is 5.91 Å². The maximum Gasteiger partial charge on any atom is 0.352 e. The lowest BCUT2D eigenvalue weighted by molar-refractivity contribution is -0.117. The van der Waals surface area contributed by atoms with Gasteiger partial charge in [-0.2, -0.15) is 0 Å². The Morgan fingerprint density at radius 1 is 1.03 bits per heavy atom. The normalized spacial score (nSPS) is 11.0. The van der Waals surface area contributed by atoms with Crippen LogP contribution in [0.3, 0.4) is 0 Å². The van der Waals surface area contributed by atoms with E-state index in [1.54, 1.807) is 25.3 Å². The molecule has 0 aliphatic carbocycles. The first-order valence-corrected chi connectivity index (χ1v) is 9.84. The number of nitrogens with one attached hydrogen (secondary N) is 1. The minimum atomic E-state index is -0.427. The van der Waals surface area contributed by atoms with Gasteiger partial charge < -0.3 is 10.1 Å². The fraction of sp³-hybridized carbons (Fsp3) is 0.217. The number of hydrogen-bond donors (Lipinski definition) is 1. The molecule has 8 nitrogen and oxygen atoms in total. The Labute approximate surface area is 179 Å². The molecule has 0 saturated heterocycles. The Morgan fingerprint density at radius 3 is 2.35 bits per heavy atom. The van der Waals surface area contributed by atoms with Crippen molar-refractivity contribution in [3.63, 3.8) is 0 Å². The second kappa shape index (κ2) is 8.06. The van der Waals surface area contributed by atoms with E-state index in [9.17, 15) is 9.59 Å². The highest BCUT2D eigenvalue weighted by atomic mass is 16.5. The number of hydrogen-bond acceptors (Lipinski definition) is 5. The molecule has 31 heavy (non-hydrogen) atoms. The zero-order valence-corrected chi connectivity index (χ0v) is 17.8. The van der Waals surface area contributed by atoms with Crippen molar-refractivity contribution in [2.45, 2.75) is 27.3 Å². The fourth-order valence-corrected chi connectivity index (χ4v) is 3.57. The summed E-state index contributed by atoms with van der Waals surface area (Å²) in [6.07, 6.45) is 0. The molecule has 2 heterocycles. The Kier molecular flexibility index (Phi) is 5.29. The molecular weight excluding hydrogens is 394 g/mol. The number of ether oxygens (including phenoxy) is 1. The van der Waals surface area contributed by atoms with Crippen LogP contribution in [-0.4, -0.2) is 32.2 Å². The highest BCUT2D eigenvalue weighted by Crippen LogP contribution is 2.21. The van der Waals surface area contributed by atoms with E-state index in [1.165, 1.54) is 4.40 Å². The van der Waals surface area contributed by atoms with Crippen LogP contribution >= 0.6 is 0 Å². The van der Waals surface area contributed by atoms with Crippen molar-refractivity contribution in [2.75, 3.05) is 12.4 Å². The van der Waals surface area contributed by atoms with Crippen LogP contribution in [0, 0.1) is 20.8 Å². The molecule has 4 rings (SSSR count). The van der Waals surface area contributed by atoms with Gasteiger partial charge in [0, 0.05) is 23.0 Å². The van der Waals surface area contributed by atoms with E-state index < -0.39 is 5.69 Å². The standard InChI is InChI=1S/C23H23N5O3/c1-14-9-15(2)11-18(10-14)25-21(29)13-27-23(30)28-20(26-27)12-16(3)24-22(28)17-5-7-19(31-4)8-6-17/h5-12H,13H2,1-4H3,(H,25,29). The van der Waals surface area contributed by atoms with Gasteiger partial charge in [0.15, 0.2) is 5.65 Å². The van der Waals surface area contributed by atoms with Crippen LogP contribution < -0.4 is 15.7 Å². The topological polar surface area (TPSA) is 90.5 Å². The molecule has 2 aromatic carbocycles. The van der Waals surface area contributed by atoms with E-state index in [1.807, 2.05) is 51.1 Å². The van der Waals surface area contributed by atoms with Crippen LogP contribution in [0.2, 0.25) is 0 Å². The van der Waals surface area contributed by atoms with Crippen LogP contribution in [-0.2, 0) is 11.3 Å². The van der Waals surface area contributed by atoms with E-state index in [0.717, 1.165) is 27.1 Å². The molecule has 0 bridgehead atoms. The third-order valence-corrected chi connectivity index (χ3v) is 4.84. The van der Waals surface area contributed by atoms with Crippen LogP contribution in [0.5, 0.6) is 5.75 Å². The van der Waals surface area contributed by atoms with Crippen LogP contribution in [0.4, 0.5) is 5.69 Å². The molecule has 1 amide bonds. The number of aromatic nitrogens is 4. The minimum Gasteiger partial charge on any atom is -0.497 e. The number of carbonyl (C=O) groups is 1. The van der Waals surface area contributed by atoms with Crippen molar-refractivity contribution in [3.8, 4) is 17.1 Å². The first-order chi connectivity index (χ1) is 14.8. The fourth-order valence-electron chi connectivity index (χ4n) is 3.57. The lowest BCUT2D eigenvalue weighted by Crippen LogP contribution is -2.28. The highest BCUT2D eigenvalue weighted by Gasteiger charge is 2.16. The number of fused-ring (bicyclic) bond motifs is 1. The molecule has 0 aliphatic heterocycles. The summed E-state index contributed by atoms with van der Waals surface area (Å²) in [5.74, 6) is 0.841. The summed E-state index contributed by atoms with van der Waals surface area (Å²) in [5, 5.41) is 7.19. The summed E-state index contributed by atoms with van der Waals surface area (Å²) in [7, 11) is 1.59. The second-order valence-electron chi connectivity index (χ2n) is 7.51. The zero-order valence-electron chi connectivity index (χ0n) is 17.8. The number of amides is 1. The molecule has 0 unspecified atom stereocenters. The quantitative estimate of drug-likeness (QED) is 0.539. The maximum absolute atomic E-state index is 13.1. The molecule has 4 aromatic rings. The first-order valence-electron chi connectivity index (χ1n) is 9.84. The maximum atomic E-state index is 13.1. The summed E-state index contributed by atoms with van der Waals surface area (Å²) in [4.78, 5) is 30.2. The van der Waals surface area contributed by atoms with Crippen molar-refractivity contribution in [1.82, 2.24) is 19.2 Å². The summed E-state index contributed by atoms with van der Waals surface area (Å²) in [6, 6.07) is 14.8. The SMILES string of the molecule is COc1ccc(-c2nc(C)cc3nn(CC(=O)Nc4cc(C)cc(C)c4)c(=O)n23)cc1. The van der Waals surface area contributed by atoms with Crippen molar-refractivity contribution in [2.24, 2.45) is 0 Å². The van der Waals surface area contributed by atoms with E-state index in [0.29, 0.717) is 22.9 Å². The molecule has 0 atom stereocenters. The predicted molar refractivity (Wildman–Crippen MR) is 119 cm³/mol. The number of methoxy groups -OCH3 is 1. The molecule has 0 saturated carbocycles. The number of rotatable bonds is 5. The highest BCUT2D eigenvalue weighted by molar-refractivity contribution is 5.90. The second-order valence-corrected chi connectivity index (χ2v) is 7.51. The largest absolute Gasteiger partial charge is 0.497 e. The minimum absolute atomic E-state index is 0.200. The molecule has 0 spiro atoms. The van der Waals surface area contributed by atoms with Crippen molar-refractivity contribution in [3.05, 3.63) is 75.8 Å². The van der Waals surface area contributed by atoms with E-state index in [2.05, 4.69) is 15.4 Å². The van der Waals surface area contributed by atoms with Gasteiger partial charge in [-0.25, -0.2) is 18.9 Å².